The second-order valence-electron chi connectivity index (χ2n) is 6.86. The van der Waals surface area contributed by atoms with Gasteiger partial charge in [0.05, 0.1) is 18.4 Å². The molecule has 0 atom stereocenters. The van der Waals surface area contributed by atoms with Crippen LogP contribution in [-0.2, 0) is 11.3 Å². The lowest BCUT2D eigenvalue weighted by Gasteiger charge is -2.34. The molecule has 4 rings (SSSR count). The van der Waals surface area contributed by atoms with E-state index in [9.17, 15) is 4.79 Å². The molecule has 0 unspecified atom stereocenters. The highest BCUT2D eigenvalue weighted by Gasteiger charge is 2.34. The van der Waals surface area contributed by atoms with Crippen LogP contribution in [0.2, 0.25) is 0 Å². The molecular formula is C19H22BrN3O2S. The molecule has 7 heteroatoms. The predicted molar refractivity (Wildman–Crippen MR) is 106 cm³/mol. The second-order valence-corrected chi connectivity index (χ2v) is 8.64. The number of carbonyl (C=O) groups excluding carboxylic acids is 1. The molecule has 0 radical (unpaired) electrons. The van der Waals surface area contributed by atoms with E-state index in [1.54, 1.807) is 18.4 Å². The summed E-state index contributed by atoms with van der Waals surface area (Å²) in [7, 11) is 1.68. The molecule has 5 nitrogen and oxygen atoms in total. The first-order chi connectivity index (χ1) is 12.6. The number of hydrogen-bond acceptors (Lipinski definition) is 5. The van der Waals surface area contributed by atoms with Crippen LogP contribution in [0.4, 0.5) is 0 Å². The van der Waals surface area contributed by atoms with Gasteiger partial charge in [-0.15, -0.1) is 11.3 Å². The van der Waals surface area contributed by atoms with Gasteiger partial charge < -0.3 is 9.64 Å². The molecule has 1 aliphatic carbocycles. The molecule has 1 aromatic heterocycles. The average Bonchev–Trinajstić information content (AvgIpc) is 3.41. The Morgan fingerprint density at radius 1 is 1.31 bits per heavy atom. The summed E-state index contributed by atoms with van der Waals surface area (Å²) >= 11 is 5.17. The number of methoxy groups -OCH3 is 1. The van der Waals surface area contributed by atoms with Gasteiger partial charge in [-0.25, -0.2) is 4.98 Å². The van der Waals surface area contributed by atoms with Crippen LogP contribution >= 0.6 is 27.3 Å². The first-order valence-corrected chi connectivity index (χ1v) is 10.6. The average molecular weight is 436 g/mol. The van der Waals surface area contributed by atoms with Crippen molar-refractivity contribution in [3.05, 3.63) is 33.7 Å². The van der Waals surface area contributed by atoms with E-state index in [1.165, 1.54) is 0 Å². The summed E-state index contributed by atoms with van der Waals surface area (Å²) in [5.41, 5.74) is 2.09. The third-order valence-electron chi connectivity index (χ3n) is 4.94. The Kier molecular flexibility index (Phi) is 5.29. The van der Waals surface area contributed by atoms with E-state index in [1.807, 2.05) is 23.1 Å². The lowest BCUT2D eigenvalue weighted by atomic mass is 10.2. The minimum Gasteiger partial charge on any atom is -0.496 e. The molecule has 1 saturated heterocycles. The van der Waals surface area contributed by atoms with E-state index >= 15 is 0 Å². The number of benzene rings is 1. The van der Waals surface area contributed by atoms with Crippen molar-refractivity contribution < 1.29 is 9.53 Å². The maximum atomic E-state index is 12.2. The van der Waals surface area contributed by atoms with Gasteiger partial charge in [0.15, 0.2) is 0 Å². The molecule has 1 aliphatic heterocycles. The Balaban J connectivity index is 1.38. The van der Waals surface area contributed by atoms with Gasteiger partial charge in [-0.3, -0.25) is 9.69 Å². The van der Waals surface area contributed by atoms with Crippen molar-refractivity contribution in [3.63, 3.8) is 0 Å². The Morgan fingerprint density at radius 2 is 2.08 bits per heavy atom. The predicted octanol–water partition coefficient (Wildman–Crippen LogP) is 3.64. The quantitative estimate of drug-likeness (QED) is 0.718. The zero-order chi connectivity index (χ0) is 18.1. The molecule has 2 aromatic rings. The Hall–Kier alpha value is -1.44. The van der Waals surface area contributed by atoms with Gasteiger partial charge in [-0.1, -0.05) is 15.9 Å². The maximum absolute atomic E-state index is 12.2. The van der Waals surface area contributed by atoms with E-state index in [2.05, 4.69) is 26.2 Å². The Labute approximate surface area is 166 Å². The second kappa shape index (κ2) is 7.66. The smallest absolute Gasteiger partial charge is 0.225 e. The molecule has 138 valence electrons. The van der Waals surface area contributed by atoms with Crippen LogP contribution in [0, 0.1) is 5.92 Å². The summed E-state index contributed by atoms with van der Waals surface area (Å²) in [4.78, 5) is 21.4. The number of nitrogens with zero attached hydrogens (tertiary/aromatic N) is 3. The number of piperazine rings is 1. The normalized spacial score (nSPS) is 18.2. The molecule has 0 spiro atoms. The maximum Gasteiger partial charge on any atom is 0.225 e. The van der Waals surface area contributed by atoms with Gasteiger partial charge in [-0.05, 0) is 31.0 Å². The third-order valence-corrected chi connectivity index (χ3v) is 6.36. The summed E-state index contributed by atoms with van der Waals surface area (Å²) in [5.74, 6) is 1.52. The number of amides is 1. The molecule has 1 saturated carbocycles. The molecule has 2 heterocycles. The van der Waals surface area contributed by atoms with Crippen LogP contribution in [0.1, 0.15) is 18.5 Å². The molecule has 1 aromatic carbocycles. The number of ether oxygens (including phenoxy) is 1. The summed E-state index contributed by atoms with van der Waals surface area (Å²) in [6, 6.07) is 5.97. The standard InChI is InChI=1S/C19H22BrN3O2S/c1-25-17-5-4-14(20)10-16(17)18-21-15(12-26-18)11-22-6-8-23(9-7-22)19(24)13-2-3-13/h4-5,10,12-13H,2-3,6-9,11H2,1H3. The number of halogens is 1. The van der Waals surface area contributed by atoms with Crippen molar-refractivity contribution in [2.24, 2.45) is 5.92 Å². The first-order valence-electron chi connectivity index (χ1n) is 8.93. The van der Waals surface area contributed by atoms with Gasteiger partial charge in [0, 0.05) is 48.5 Å². The molecule has 0 N–H and O–H groups in total. The summed E-state index contributed by atoms with van der Waals surface area (Å²) in [6.45, 7) is 4.35. The molecule has 0 bridgehead atoms. The Bertz CT molecular complexity index is 798. The molecule has 1 amide bonds. The van der Waals surface area contributed by atoms with Gasteiger partial charge in [-0.2, -0.15) is 0 Å². The van der Waals surface area contributed by atoms with Gasteiger partial charge >= 0.3 is 0 Å². The van der Waals surface area contributed by atoms with E-state index in [0.717, 1.165) is 72.1 Å². The topological polar surface area (TPSA) is 45.7 Å². The van der Waals surface area contributed by atoms with Gasteiger partial charge in [0.1, 0.15) is 10.8 Å². The highest BCUT2D eigenvalue weighted by Crippen LogP contribution is 2.35. The lowest BCUT2D eigenvalue weighted by Crippen LogP contribution is -2.48. The SMILES string of the molecule is COc1ccc(Br)cc1-c1nc(CN2CCN(C(=O)C3CC3)CC2)cs1. The fraction of sp³-hybridized carbons (Fsp3) is 0.474. The van der Waals surface area contributed by atoms with Crippen molar-refractivity contribution in [2.75, 3.05) is 33.3 Å². The number of rotatable bonds is 5. The highest BCUT2D eigenvalue weighted by molar-refractivity contribution is 9.10. The van der Waals surface area contributed by atoms with Crippen molar-refractivity contribution in [1.82, 2.24) is 14.8 Å². The summed E-state index contributed by atoms with van der Waals surface area (Å²) in [5, 5.41) is 3.10. The van der Waals surface area contributed by atoms with Crippen molar-refractivity contribution in [3.8, 4) is 16.3 Å². The highest BCUT2D eigenvalue weighted by atomic mass is 79.9. The number of thiazole rings is 1. The van der Waals surface area contributed by atoms with E-state index in [0.29, 0.717) is 11.8 Å². The third kappa shape index (κ3) is 3.94. The molecule has 26 heavy (non-hydrogen) atoms. The summed E-state index contributed by atoms with van der Waals surface area (Å²) < 4.78 is 6.49. The summed E-state index contributed by atoms with van der Waals surface area (Å²) in [6.07, 6.45) is 2.17. The van der Waals surface area contributed by atoms with Crippen molar-refractivity contribution in [1.29, 1.82) is 0 Å². The van der Waals surface area contributed by atoms with Crippen LogP contribution < -0.4 is 4.74 Å². The Morgan fingerprint density at radius 3 is 2.77 bits per heavy atom. The number of hydrogen-bond donors (Lipinski definition) is 0. The molecular weight excluding hydrogens is 414 g/mol. The number of aromatic nitrogens is 1. The fourth-order valence-corrected chi connectivity index (χ4v) is 4.49. The number of carbonyl (C=O) groups is 1. The van der Waals surface area contributed by atoms with E-state index < -0.39 is 0 Å². The van der Waals surface area contributed by atoms with Crippen LogP contribution in [0.3, 0.4) is 0 Å². The van der Waals surface area contributed by atoms with Crippen LogP contribution in [-0.4, -0.2) is 54.0 Å². The van der Waals surface area contributed by atoms with Gasteiger partial charge in [0.25, 0.3) is 0 Å². The van der Waals surface area contributed by atoms with Crippen LogP contribution in [0.25, 0.3) is 10.6 Å². The van der Waals surface area contributed by atoms with Crippen molar-refractivity contribution in [2.45, 2.75) is 19.4 Å². The first kappa shape index (κ1) is 17.9. The van der Waals surface area contributed by atoms with Crippen LogP contribution in [0.5, 0.6) is 5.75 Å². The fourth-order valence-electron chi connectivity index (χ4n) is 3.29. The minimum atomic E-state index is 0.322. The van der Waals surface area contributed by atoms with E-state index in [-0.39, 0.29) is 0 Å². The minimum absolute atomic E-state index is 0.322. The monoisotopic (exact) mass is 435 g/mol. The van der Waals surface area contributed by atoms with Gasteiger partial charge in [0.2, 0.25) is 5.91 Å². The van der Waals surface area contributed by atoms with E-state index in [4.69, 9.17) is 9.72 Å². The van der Waals surface area contributed by atoms with Crippen molar-refractivity contribution >= 4 is 33.2 Å². The molecule has 2 aliphatic rings. The largest absolute Gasteiger partial charge is 0.496 e. The zero-order valence-corrected chi connectivity index (χ0v) is 17.2. The molecule has 2 fully saturated rings. The van der Waals surface area contributed by atoms with Crippen LogP contribution in [0.15, 0.2) is 28.1 Å². The lowest BCUT2D eigenvalue weighted by molar-refractivity contribution is -0.134. The zero-order valence-electron chi connectivity index (χ0n) is 14.8.